The van der Waals surface area contributed by atoms with Crippen molar-refractivity contribution in [1.29, 1.82) is 0 Å². The number of carbonyl (C=O) groups excluding carboxylic acids is 1. The van der Waals surface area contributed by atoms with E-state index in [1.165, 1.54) is 11.8 Å². The van der Waals surface area contributed by atoms with Crippen molar-refractivity contribution in [2.24, 2.45) is 18.8 Å². The molecule has 0 aromatic carbocycles. The van der Waals surface area contributed by atoms with Gasteiger partial charge in [0.1, 0.15) is 5.03 Å². The highest BCUT2D eigenvalue weighted by molar-refractivity contribution is 7.99. The van der Waals surface area contributed by atoms with E-state index in [9.17, 15) is 4.79 Å². The van der Waals surface area contributed by atoms with Crippen LogP contribution in [0.2, 0.25) is 0 Å². The lowest BCUT2D eigenvalue weighted by Crippen LogP contribution is -2.38. The average Bonchev–Trinajstić information content (AvgIpc) is 3.22. The number of nitrogens with two attached hydrogens (primary N) is 1. The highest BCUT2D eigenvalue weighted by Crippen LogP contribution is 2.32. The molecule has 5 aromatic heterocycles. The van der Waals surface area contributed by atoms with Crippen LogP contribution in [0.4, 0.5) is 5.82 Å². The van der Waals surface area contributed by atoms with Crippen LogP contribution >= 0.6 is 11.8 Å². The smallest absolute Gasteiger partial charge is 0.245 e. The minimum atomic E-state index is -0.109. The Morgan fingerprint density at radius 3 is 2.72 bits per heavy atom. The zero-order valence-corrected chi connectivity index (χ0v) is 17.8. The summed E-state index contributed by atoms with van der Waals surface area (Å²) >= 11 is 1.38. The van der Waals surface area contributed by atoms with Crippen molar-refractivity contribution in [3.05, 3.63) is 49.1 Å². The van der Waals surface area contributed by atoms with E-state index in [1.54, 1.807) is 15.4 Å². The van der Waals surface area contributed by atoms with Gasteiger partial charge in [-0.1, -0.05) is 0 Å². The first-order valence-electron chi connectivity index (χ1n) is 10.0. The third-order valence-electron chi connectivity index (χ3n) is 5.30. The van der Waals surface area contributed by atoms with Crippen LogP contribution in [0.3, 0.4) is 0 Å². The number of aromatic nitrogens is 8. The fraction of sp³-hybridized carbons (Fsp3) is 0.200. The normalized spacial score (nSPS) is 13.8. The standard InChI is InChI=1S/C20H18N10OS/c1-27-9-14(8-22-27)13-4-5-16-24-25-20(28(16)10-13)32-18-7-6-15-23-17(11-29(15)26-18)30(21)19(31)12-2-3-12/h4-12H,2-3,21H2,1H3. The van der Waals surface area contributed by atoms with E-state index < -0.39 is 0 Å². The number of fused-ring (bicyclic) bond motifs is 2. The first-order valence-corrected chi connectivity index (χ1v) is 10.8. The molecule has 0 radical (unpaired) electrons. The van der Waals surface area contributed by atoms with E-state index in [0.717, 1.165) is 34.6 Å². The van der Waals surface area contributed by atoms with Gasteiger partial charge in [0, 0.05) is 36.5 Å². The number of pyridine rings is 1. The molecule has 12 heteroatoms. The number of aryl methyl sites for hydroxylation is 1. The Bertz CT molecular complexity index is 1480. The molecular formula is C20H18N10OS. The summed E-state index contributed by atoms with van der Waals surface area (Å²) in [5.74, 6) is 6.25. The van der Waals surface area contributed by atoms with Crippen LogP contribution in [-0.2, 0) is 11.8 Å². The molecule has 1 aliphatic carbocycles. The Morgan fingerprint density at radius 2 is 1.94 bits per heavy atom. The molecule has 11 nitrogen and oxygen atoms in total. The van der Waals surface area contributed by atoms with Crippen molar-refractivity contribution in [1.82, 2.24) is 39.0 Å². The molecule has 1 fully saturated rings. The molecule has 1 saturated carbocycles. The zero-order chi connectivity index (χ0) is 21.8. The van der Waals surface area contributed by atoms with Crippen LogP contribution in [0.1, 0.15) is 12.8 Å². The molecule has 5 heterocycles. The lowest BCUT2D eigenvalue weighted by molar-refractivity contribution is -0.119. The second-order valence-electron chi connectivity index (χ2n) is 7.69. The van der Waals surface area contributed by atoms with Crippen LogP contribution in [0, 0.1) is 5.92 Å². The predicted molar refractivity (Wildman–Crippen MR) is 117 cm³/mol. The quantitative estimate of drug-likeness (QED) is 0.247. The number of hydrazine groups is 1. The molecule has 0 unspecified atom stereocenters. The molecule has 2 N–H and O–H groups in total. The second-order valence-corrected chi connectivity index (χ2v) is 8.68. The van der Waals surface area contributed by atoms with Gasteiger partial charge >= 0.3 is 0 Å². The maximum Gasteiger partial charge on any atom is 0.245 e. The molecule has 160 valence electrons. The Balaban J connectivity index is 1.30. The molecule has 5 aromatic rings. The van der Waals surface area contributed by atoms with Crippen LogP contribution in [0.25, 0.3) is 22.4 Å². The van der Waals surface area contributed by atoms with Gasteiger partial charge in [-0.25, -0.2) is 20.4 Å². The van der Waals surface area contributed by atoms with Crippen LogP contribution in [0.5, 0.6) is 0 Å². The van der Waals surface area contributed by atoms with Gasteiger partial charge < -0.3 is 0 Å². The van der Waals surface area contributed by atoms with Gasteiger partial charge in [0.15, 0.2) is 17.1 Å². The fourth-order valence-electron chi connectivity index (χ4n) is 3.44. The van der Waals surface area contributed by atoms with E-state index in [-0.39, 0.29) is 11.8 Å². The van der Waals surface area contributed by atoms with Crippen LogP contribution < -0.4 is 10.9 Å². The highest BCUT2D eigenvalue weighted by atomic mass is 32.2. The number of rotatable bonds is 5. The van der Waals surface area contributed by atoms with Gasteiger partial charge in [-0.05, 0) is 48.9 Å². The minimum Gasteiger partial charge on any atom is -0.277 e. The van der Waals surface area contributed by atoms with Crippen molar-refractivity contribution in [3.8, 4) is 11.1 Å². The summed E-state index contributed by atoms with van der Waals surface area (Å²) in [4.78, 5) is 16.6. The Kier molecular flexibility index (Phi) is 4.23. The summed E-state index contributed by atoms with van der Waals surface area (Å²) in [7, 11) is 1.89. The van der Waals surface area contributed by atoms with Crippen molar-refractivity contribution >= 4 is 34.8 Å². The SMILES string of the molecule is Cn1cc(-c2ccc3nnc(Sc4ccc5nc(N(N)C(=O)C6CC6)cn5n4)n3c2)cn1. The molecule has 6 rings (SSSR count). The largest absolute Gasteiger partial charge is 0.277 e. The number of imidazole rings is 1. The number of hydrogen-bond acceptors (Lipinski definition) is 8. The third kappa shape index (κ3) is 3.29. The van der Waals surface area contributed by atoms with E-state index in [2.05, 4.69) is 25.4 Å². The number of anilines is 1. The maximum atomic E-state index is 12.2. The zero-order valence-electron chi connectivity index (χ0n) is 17.0. The molecular weight excluding hydrogens is 428 g/mol. The van der Waals surface area contributed by atoms with Crippen molar-refractivity contribution < 1.29 is 4.79 Å². The van der Waals surface area contributed by atoms with Gasteiger partial charge in [-0.2, -0.15) is 10.2 Å². The Labute approximate surface area is 185 Å². The summed E-state index contributed by atoms with van der Waals surface area (Å²) < 4.78 is 5.30. The summed E-state index contributed by atoms with van der Waals surface area (Å²) in [6.45, 7) is 0. The monoisotopic (exact) mass is 446 g/mol. The number of carbonyl (C=O) groups is 1. The highest BCUT2D eigenvalue weighted by Gasteiger charge is 2.33. The molecule has 1 aliphatic rings. The lowest BCUT2D eigenvalue weighted by Gasteiger charge is -2.11. The average molecular weight is 447 g/mol. The molecule has 0 spiro atoms. The topological polar surface area (TPSA) is 125 Å². The summed E-state index contributed by atoms with van der Waals surface area (Å²) in [5, 5.41) is 19.9. The van der Waals surface area contributed by atoms with Crippen molar-refractivity contribution in [3.63, 3.8) is 0 Å². The first-order chi connectivity index (χ1) is 15.5. The Hall–Kier alpha value is -3.77. The molecule has 0 saturated heterocycles. The van der Waals surface area contributed by atoms with Gasteiger partial charge in [0.25, 0.3) is 0 Å². The van der Waals surface area contributed by atoms with Crippen molar-refractivity contribution in [2.45, 2.75) is 23.0 Å². The number of amides is 1. The molecule has 0 aliphatic heterocycles. The lowest BCUT2D eigenvalue weighted by atomic mass is 10.2. The van der Waals surface area contributed by atoms with Gasteiger partial charge in [-0.3, -0.25) is 13.9 Å². The van der Waals surface area contributed by atoms with Crippen molar-refractivity contribution in [2.75, 3.05) is 5.01 Å². The van der Waals surface area contributed by atoms with E-state index >= 15 is 0 Å². The first kappa shape index (κ1) is 19.0. The van der Waals surface area contributed by atoms with Gasteiger partial charge in [0.2, 0.25) is 11.1 Å². The predicted octanol–water partition coefficient (Wildman–Crippen LogP) is 1.94. The third-order valence-corrected chi connectivity index (χ3v) is 6.19. The fourth-order valence-corrected chi connectivity index (χ4v) is 4.21. The van der Waals surface area contributed by atoms with Crippen LogP contribution in [-0.4, -0.2) is 44.9 Å². The number of nitrogens with zero attached hydrogens (tertiary/aromatic N) is 9. The minimum absolute atomic E-state index is 0.0154. The maximum absolute atomic E-state index is 12.2. The summed E-state index contributed by atoms with van der Waals surface area (Å²) in [6, 6.07) is 7.60. The number of hydrogen-bond donors (Lipinski definition) is 1. The summed E-state index contributed by atoms with van der Waals surface area (Å²) in [6.07, 6.45) is 9.18. The van der Waals surface area contributed by atoms with Crippen LogP contribution in [0.15, 0.2) is 59.2 Å². The molecule has 0 bridgehead atoms. The van der Waals surface area contributed by atoms with Gasteiger partial charge in [-0.15, -0.1) is 10.2 Å². The molecule has 1 amide bonds. The van der Waals surface area contributed by atoms with E-state index in [4.69, 9.17) is 5.84 Å². The van der Waals surface area contributed by atoms with E-state index in [0.29, 0.717) is 21.6 Å². The van der Waals surface area contributed by atoms with E-state index in [1.807, 2.05) is 54.3 Å². The summed E-state index contributed by atoms with van der Waals surface area (Å²) in [5.41, 5.74) is 3.37. The molecule has 0 atom stereocenters. The Morgan fingerprint density at radius 1 is 1.09 bits per heavy atom. The molecule has 32 heavy (non-hydrogen) atoms. The second kappa shape index (κ2) is 7.14. The van der Waals surface area contributed by atoms with Gasteiger partial charge in [0.05, 0.1) is 12.4 Å².